The molecule has 0 unspecified atom stereocenters. The Morgan fingerprint density at radius 2 is 1.88 bits per heavy atom. The van der Waals surface area contributed by atoms with Crippen molar-refractivity contribution in [3.8, 4) is 28.4 Å². The van der Waals surface area contributed by atoms with Crippen molar-refractivity contribution >= 4 is 34.0 Å². The van der Waals surface area contributed by atoms with Gasteiger partial charge in [-0.3, -0.25) is 15.3 Å². The van der Waals surface area contributed by atoms with Crippen LogP contribution in [0.25, 0.3) is 22.1 Å². The Bertz CT molecular complexity index is 1740. The van der Waals surface area contributed by atoms with Gasteiger partial charge < -0.3 is 24.5 Å². The number of fused-ring (bicyclic) bond motifs is 5. The number of aromatic hydroxyl groups is 2. The van der Waals surface area contributed by atoms with E-state index in [1.807, 2.05) is 25.1 Å². The van der Waals surface area contributed by atoms with Gasteiger partial charge >= 0.3 is 11.6 Å². The molecule has 204 valence electrons. The van der Waals surface area contributed by atoms with Crippen molar-refractivity contribution in [1.29, 1.82) is 0 Å². The standard InChI is InChI=1S/C30H27N3O7/c1-17-13-19(4-9-25(17)39-12-11-32-10-2-3-18(16-32)29(36)37)33-24-14-20(34)5-7-22(24)27-28(31-33)23-8-6-21(35)15-26(23)40-30(27)38/h3-9,13-15,31,34-35H,2,10-12,16H2,1H3,(H,36,37). The van der Waals surface area contributed by atoms with Crippen molar-refractivity contribution < 1.29 is 29.3 Å². The van der Waals surface area contributed by atoms with E-state index < -0.39 is 11.6 Å². The minimum Gasteiger partial charge on any atom is -0.508 e. The van der Waals surface area contributed by atoms with Crippen LogP contribution in [0.4, 0.5) is 17.1 Å². The lowest BCUT2D eigenvalue weighted by Gasteiger charge is -2.34. The number of ether oxygens (including phenoxy) is 1. The Hall–Kier alpha value is -4.96. The van der Waals surface area contributed by atoms with Crippen molar-refractivity contribution in [2.45, 2.75) is 13.3 Å². The fourth-order valence-corrected chi connectivity index (χ4v) is 5.21. The first-order valence-corrected chi connectivity index (χ1v) is 12.9. The third-order valence-corrected chi connectivity index (χ3v) is 7.19. The molecule has 0 amide bonds. The summed E-state index contributed by atoms with van der Waals surface area (Å²) in [6.07, 6.45) is 2.48. The van der Waals surface area contributed by atoms with Gasteiger partial charge in [0.1, 0.15) is 29.4 Å². The quantitative estimate of drug-likeness (QED) is 0.253. The fourth-order valence-electron chi connectivity index (χ4n) is 5.21. The number of anilines is 3. The average molecular weight is 542 g/mol. The number of carbonyl (C=O) groups is 1. The normalized spacial score (nSPS) is 14.7. The third kappa shape index (κ3) is 4.58. The van der Waals surface area contributed by atoms with E-state index in [-0.39, 0.29) is 17.1 Å². The number of carboxylic acid groups (broad SMARTS) is 1. The number of rotatable bonds is 6. The van der Waals surface area contributed by atoms with E-state index in [2.05, 4.69) is 10.3 Å². The third-order valence-electron chi connectivity index (χ3n) is 7.19. The molecule has 1 aromatic heterocycles. The first kappa shape index (κ1) is 25.3. The number of aliphatic carboxylic acids is 1. The Kier molecular flexibility index (Phi) is 6.31. The van der Waals surface area contributed by atoms with Crippen molar-refractivity contribution in [3.05, 3.63) is 82.2 Å². The summed E-state index contributed by atoms with van der Waals surface area (Å²) in [5.74, 6) is -0.156. The number of aryl methyl sites for hydroxylation is 1. The molecule has 6 rings (SSSR count). The molecule has 0 saturated carbocycles. The van der Waals surface area contributed by atoms with Crippen LogP contribution in [0.3, 0.4) is 0 Å². The molecule has 10 heteroatoms. The monoisotopic (exact) mass is 541 g/mol. The fraction of sp³-hybridized carbons (Fsp3) is 0.200. The molecule has 2 aliphatic rings. The average Bonchev–Trinajstić information content (AvgIpc) is 2.93. The summed E-state index contributed by atoms with van der Waals surface area (Å²) < 4.78 is 11.6. The zero-order valence-corrected chi connectivity index (χ0v) is 21.7. The van der Waals surface area contributed by atoms with E-state index in [0.717, 1.165) is 17.8 Å². The summed E-state index contributed by atoms with van der Waals surface area (Å²) >= 11 is 0. The Labute approximate surface area is 228 Å². The van der Waals surface area contributed by atoms with Gasteiger partial charge in [0.25, 0.3) is 0 Å². The lowest BCUT2D eigenvalue weighted by atomic mass is 9.98. The minimum absolute atomic E-state index is 0.0149. The largest absolute Gasteiger partial charge is 0.508 e. The predicted octanol–water partition coefficient (Wildman–Crippen LogP) is 4.75. The van der Waals surface area contributed by atoms with Crippen LogP contribution in [0, 0.1) is 6.92 Å². The second-order valence-electron chi connectivity index (χ2n) is 9.87. The molecule has 4 N–H and O–H groups in total. The van der Waals surface area contributed by atoms with E-state index in [9.17, 15) is 24.9 Å². The van der Waals surface area contributed by atoms with Gasteiger partial charge in [-0.15, -0.1) is 0 Å². The first-order valence-electron chi connectivity index (χ1n) is 12.9. The number of phenols is 2. The summed E-state index contributed by atoms with van der Waals surface area (Å²) in [6, 6.07) is 15.1. The van der Waals surface area contributed by atoms with E-state index in [0.29, 0.717) is 65.3 Å². The molecule has 0 aliphatic carbocycles. The van der Waals surface area contributed by atoms with Crippen LogP contribution < -0.4 is 20.8 Å². The number of benzene rings is 3. The molecule has 0 bridgehead atoms. The predicted molar refractivity (Wildman–Crippen MR) is 150 cm³/mol. The summed E-state index contributed by atoms with van der Waals surface area (Å²) in [5, 5.41) is 31.8. The Morgan fingerprint density at radius 1 is 1.07 bits per heavy atom. The molecule has 3 aromatic carbocycles. The molecule has 0 atom stereocenters. The Morgan fingerprint density at radius 3 is 2.67 bits per heavy atom. The summed E-state index contributed by atoms with van der Waals surface area (Å²) in [7, 11) is 0. The molecule has 0 fully saturated rings. The SMILES string of the molecule is Cc1cc(N2Nc3c(c(=O)oc4cc(O)ccc34)-c3ccc(O)cc32)ccc1OCCN1CCC=C(C(=O)O)C1. The first-order chi connectivity index (χ1) is 19.3. The van der Waals surface area contributed by atoms with Gasteiger partial charge in [-0.25, -0.2) is 9.59 Å². The number of hydrazine groups is 1. The van der Waals surface area contributed by atoms with E-state index >= 15 is 0 Å². The smallest absolute Gasteiger partial charge is 0.346 e. The topological polar surface area (TPSA) is 136 Å². The molecule has 10 nitrogen and oxygen atoms in total. The number of nitrogens with zero attached hydrogens (tertiary/aromatic N) is 2. The highest BCUT2D eigenvalue weighted by atomic mass is 16.5. The van der Waals surface area contributed by atoms with Crippen LogP contribution in [0.5, 0.6) is 17.2 Å². The minimum atomic E-state index is -0.882. The molecule has 40 heavy (non-hydrogen) atoms. The Balaban J connectivity index is 1.28. The number of hydrogen-bond acceptors (Lipinski definition) is 9. The highest BCUT2D eigenvalue weighted by molar-refractivity contribution is 6.05. The molecule has 0 radical (unpaired) electrons. The van der Waals surface area contributed by atoms with Crippen molar-refractivity contribution in [2.24, 2.45) is 0 Å². The van der Waals surface area contributed by atoms with Gasteiger partial charge in [0.05, 0.1) is 22.6 Å². The van der Waals surface area contributed by atoms with Gasteiger partial charge in [-0.2, -0.15) is 0 Å². The number of nitrogens with one attached hydrogen (secondary N) is 1. The van der Waals surface area contributed by atoms with Crippen LogP contribution in [0.1, 0.15) is 12.0 Å². The molecule has 0 saturated heterocycles. The maximum absolute atomic E-state index is 13.0. The van der Waals surface area contributed by atoms with Gasteiger partial charge in [0, 0.05) is 48.3 Å². The summed E-state index contributed by atoms with van der Waals surface area (Å²) in [6.45, 7) is 4.14. The lowest BCUT2D eigenvalue weighted by molar-refractivity contribution is -0.133. The van der Waals surface area contributed by atoms with Gasteiger partial charge in [-0.05, 0) is 61.4 Å². The highest BCUT2D eigenvalue weighted by Gasteiger charge is 2.29. The number of carboxylic acids is 1. The molecule has 4 aromatic rings. The van der Waals surface area contributed by atoms with E-state index in [1.165, 1.54) is 18.2 Å². The van der Waals surface area contributed by atoms with Crippen LogP contribution in [0.2, 0.25) is 0 Å². The van der Waals surface area contributed by atoms with Crippen molar-refractivity contribution in [3.63, 3.8) is 0 Å². The zero-order chi connectivity index (χ0) is 28.0. The summed E-state index contributed by atoms with van der Waals surface area (Å²) in [4.78, 5) is 26.4. The summed E-state index contributed by atoms with van der Waals surface area (Å²) in [5.41, 5.74) is 7.06. The van der Waals surface area contributed by atoms with Crippen LogP contribution in [-0.4, -0.2) is 52.4 Å². The second-order valence-corrected chi connectivity index (χ2v) is 9.87. The van der Waals surface area contributed by atoms with Gasteiger partial charge in [0.2, 0.25) is 0 Å². The highest BCUT2D eigenvalue weighted by Crippen LogP contribution is 2.46. The molecule has 0 spiro atoms. The molecular weight excluding hydrogens is 514 g/mol. The van der Waals surface area contributed by atoms with E-state index in [1.54, 1.807) is 29.3 Å². The van der Waals surface area contributed by atoms with Gasteiger partial charge in [0.15, 0.2) is 0 Å². The maximum Gasteiger partial charge on any atom is 0.346 e. The maximum atomic E-state index is 13.0. The van der Waals surface area contributed by atoms with Gasteiger partial charge in [-0.1, -0.05) is 6.08 Å². The number of phenolic OH excluding ortho intramolecular Hbond substituents is 2. The van der Waals surface area contributed by atoms with Crippen molar-refractivity contribution in [1.82, 2.24) is 4.90 Å². The second kappa shape index (κ2) is 9.97. The van der Waals surface area contributed by atoms with E-state index in [4.69, 9.17) is 9.15 Å². The molecule has 2 aliphatic heterocycles. The van der Waals surface area contributed by atoms with Crippen LogP contribution in [0.15, 0.2) is 75.5 Å². The van der Waals surface area contributed by atoms with Crippen molar-refractivity contribution in [2.75, 3.05) is 36.7 Å². The lowest BCUT2D eigenvalue weighted by Crippen LogP contribution is -2.35. The molecule has 3 heterocycles. The van der Waals surface area contributed by atoms with Crippen LogP contribution in [-0.2, 0) is 4.79 Å². The zero-order valence-electron chi connectivity index (χ0n) is 21.7. The number of hydrogen-bond donors (Lipinski definition) is 4. The molecular formula is C30H27N3O7. The van der Waals surface area contributed by atoms with Crippen LogP contribution >= 0.6 is 0 Å².